The number of rotatable bonds is 1. The maximum absolute atomic E-state index is 4.70. The molecule has 2 heterocycles. The molecule has 0 radical (unpaired) electrons. The Morgan fingerprint density at radius 1 is 1.05 bits per heavy atom. The van der Waals surface area contributed by atoms with Gasteiger partial charge in [-0.2, -0.15) is 0 Å². The minimum atomic E-state index is 0.0627. The maximum atomic E-state index is 4.70. The fraction of sp³-hybridized carbons (Fsp3) is 0.611. The first-order valence-corrected chi connectivity index (χ1v) is 7.54. The Balaban J connectivity index is 2.91. The molecule has 0 bridgehead atoms. The van der Waals surface area contributed by atoms with E-state index in [1.807, 2.05) is 6.20 Å². The number of hydrogen-bond donors (Lipinski definition) is 0. The van der Waals surface area contributed by atoms with Crippen molar-refractivity contribution < 1.29 is 0 Å². The molecule has 2 aromatic rings. The van der Waals surface area contributed by atoms with E-state index in [1.165, 1.54) is 22.2 Å². The smallest absolute Gasteiger partial charge is 0.0553 e. The van der Waals surface area contributed by atoms with Crippen LogP contribution < -0.4 is 0 Å². The third-order valence-electron chi connectivity index (χ3n) is 3.80. The second kappa shape index (κ2) is 4.61. The minimum absolute atomic E-state index is 0.0627. The van der Waals surface area contributed by atoms with Crippen LogP contribution in [0.4, 0.5) is 0 Å². The molecule has 0 unspecified atom stereocenters. The summed E-state index contributed by atoms with van der Waals surface area (Å²) in [5.41, 5.74) is 4.07. The van der Waals surface area contributed by atoms with Crippen LogP contribution in [0.1, 0.15) is 72.6 Å². The van der Waals surface area contributed by atoms with Crippen LogP contribution >= 0.6 is 0 Å². The van der Waals surface area contributed by atoms with Gasteiger partial charge < -0.3 is 4.57 Å². The van der Waals surface area contributed by atoms with Gasteiger partial charge in [0.15, 0.2) is 0 Å². The summed E-state index contributed by atoms with van der Waals surface area (Å²) in [4.78, 5) is 4.70. The van der Waals surface area contributed by atoms with E-state index >= 15 is 0 Å². The van der Waals surface area contributed by atoms with Crippen molar-refractivity contribution in [2.75, 3.05) is 0 Å². The molecule has 20 heavy (non-hydrogen) atoms. The number of aromatic nitrogens is 2. The van der Waals surface area contributed by atoms with Crippen LogP contribution in [0.2, 0.25) is 0 Å². The van der Waals surface area contributed by atoms with Crippen LogP contribution in [0, 0.1) is 0 Å². The number of pyridine rings is 1. The van der Waals surface area contributed by atoms with Gasteiger partial charge in [-0.3, -0.25) is 4.98 Å². The van der Waals surface area contributed by atoms with E-state index in [0.717, 1.165) is 0 Å². The van der Waals surface area contributed by atoms with E-state index in [2.05, 4.69) is 72.2 Å². The summed E-state index contributed by atoms with van der Waals surface area (Å²) in [6.07, 6.45) is 4.28. The van der Waals surface area contributed by atoms with Crippen LogP contribution in [0.15, 0.2) is 18.5 Å². The van der Waals surface area contributed by atoms with E-state index in [1.54, 1.807) is 0 Å². The van der Waals surface area contributed by atoms with Gasteiger partial charge in [0.05, 0.1) is 11.2 Å². The second-order valence-corrected chi connectivity index (χ2v) is 8.08. The van der Waals surface area contributed by atoms with Crippen LogP contribution in [-0.2, 0) is 11.0 Å². The number of fused-ring (bicyclic) bond motifs is 1. The van der Waals surface area contributed by atoms with Crippen molar-refractivity contribution in [2.45, 2.75) is 72.3 Å². The SMILES string of the molecule is CC(C)c1cn(C(C)(C)C)c2ccnc(C(C)(C)C)c12. The summed E-state index contributed by atoms with van der Waals surface area (Å²) in [7, 11) is 0. The largest absolute Gasteiger partial charge is 0.342 e. The van der Waals surface area contributed by atoms with E-state index in [-0.39, 0.29) is 11.0 Å². The van der Waals surface area contributed by atoms with Gasteiger partial charge in [0.2, 0.25) is 0 Å². The van der Waals surface area contributed by atoms with Gasteiger partial charge in [-0.05, 0) is 38.3 Å². The van der Waals surface area contributed by atoms with Gasteiger partial charge in [0.25, 0.3) is 0 Å². The summed E-state index contributed by atoms with van der Waals surface area (Å²) in [6.45, 7) is 18.0. The third-order valence-corrected chi connectivity index (χ3v) is 3.80. The molecule has 0 saturated heterocycles. The molecule has 0 fully saturated rings. The van der Waals surface area contributed by atoms with Crippen LogP contribution in [-0.4, -0.2) is 9.55 Å². The van der Waals surface area contributed by atoms with Crippen LogP contribution in [0.3, 0.4) is 0 Å². The highest BCUT2D eigenvalue weighted by Gasteiger charge is 2.26. The summed E-state index contributed by atoms with van der Waals surface area (Å²) in [5, 5.41) is 1.35. The molecule has 2 heteroatoms. The Morgan fingerprint density at radius 3 is 2.10 bits per heavy atom. The molecule has 2 nitrogen and oxygen atoms in total. The monoisotopic (exact) mass is 272 g/mol. The topological polar surface area (TPSA) is 17.8 Å². The molecule has 0 aliphatic heterocycles. The molecule has 0 spiro atoms. The Labute approximate surface area is 123 Å². The molecular formula is C18H28N2. The molecule has 0 amide bonds. The Hall–Kier alpha value is -1.31. The molecule has 0 aliphatic rings. The van der Waals surface area contributed by atoms with Gasteiger partial charge in [-0.1, -0.05) is 34.6 Å². The summed E-state index contributed by atoms with van der Waals surface area (Å²) in [6, 6.07) is 2.15. The fourth-order valence-electron chi connectivity index (χ4n) is 2.77. The molecule has 0 N–H and O–H groups in total. The third kappa shape index (κ3) is 2.48. The van der Waals surface area contributed by atoms with Crippen molar-refractivity contribution in [3.63, 3.8) is 0 Å². The average molecular weight is 272 g/mol. The van der Waals surface area contributed by atoms with Crippen LogP contribution in [0.25, 0.3) is 10.9 Å². The average Bonchev–Trinajstić information content (AvgIpc) is 2.65. The fourth-order valence-corrected chi connectivity index (χ4v) is 2.77. The summed E-state index contributed by atoms with van der Waals surface area (Å²) >= 11 is 0. The highest BCUT2D eigenvalue weighted by molar-refractivity contribution is 5.87. The first kappa shape index (κ1) is 15.1. The molecule has 0 aromatic carbocycles. The van der Waals surface area contributed by atoms with Gasteiger partial charge in [0, 0.05) is 28.7 Å². The van der Waals surface area contributed by atoms with Gasteiger partial charge in [0.1, 0.15) is 0 Å². The molecule has 0 atom stereocenters. The lowest BCUT2D eigenvalue weighted by atomic mass is 9.87. The van der Waals surface area contributed by atoms with Crippen molar-refractivity contribution in [2.24, 2.45) is 0 Å². The zero-order chi connectivity index (χ0) is 15.3. The first-order valence-electron chi connectivity index (χ1n) is 7.54. The Morgan fingerprint density at radius 2 is 1.65 bits per heavy atom. The van der Waals surface area contributed by atoms with Gasteiger partial charge in [-0.25, -0.2) is 0 Å². The molecule has 110 valence electrons. The van der Waals surface area contributed by atoms with Crippen molar-refractivity contribution in [3.05, 3.63) is 29.7 Å². The van der Waals surface area contributed by atoms with Gasteiger partial charge >= 0.3 is 0 Å². The molecular weight excluding hydrogens is 244 g/mol. The van der Waals surface area contributed by atoms with Crippen molar-refractivity contribution in [1.82, 2.24) is 9.55 Å². The lowest BCUT2D eigenvalue weighted by Gasteiger charge is -2.24. The highest BCUT2D eigenvalue weighted by atomic mass is 15.0. The zero-order valence-corrected chi connectivity index (χ0v) is 14.2. The molecule has 0 aliphatic carbocycles. The van der Waals surface area contributed by atoms with Crippen molar-refractivity contribution >= 4 is 10.9 Å². The van der Waals surface area contributed by atoms with Crippen molar-refractivity contribution in [1.29, 1.82) is 0 Å². The van der Waals surface area contributed by atoms with E-state index < -0.39 is 0 Å². The lowest BCUT2D eigenvalue weighted by Crippen LogP contribution is -2.21. The Bertz CT molecular complexity index is 619. The summed E-state index contributed by atoms with van der Waals surface area (Å²) in [5.74, 6) is 0.506. The second-order valence-electron chi connectivity index (χ2n) is 8.08. The van der Waals surface area contributed by atoms with E-state index in [0.29, 0.717) is 5.92 Å². The quantitative estimate of drug-likeness (QED) is 0.696. The zero-order valence-electron chi connectivity index (χ0n) is 14.2. The normalized spacial score (nSPS) is 13.4. The first-order chi connectivity index (χ1) is 9.03. The molecule has 2 aromatic heterocycles. The highest BCUT2D eigenvalue weighted by Crippen LogP contribution is 2.37. The van der Waals surface area contributed by atoms with Crippen LogP contribution in [0.5, 0.6) is 0 Å². The van der Waals surface area contributed by atoms with E-state index in [9.17, 15) is 0 Å². The predicted molar refractivity (Wildman–Crippen MR) is 87.5 cm³/mol. The minimum Gasteiger partial charge on any atom is -0.342 e. The van der Waals surface area contributed by atoms with Crippen molar-refractivity contribution in [3.8, 4) is 0 Å². The molecule has 0 saturated carbocycles. The molecule has 2 rings (SSSR count). The number of nitrogens with zero attached hydrogens (tertiary/aromatic N) is 2. The van der Waals surface area contributed by atoms with Gasteiger partial charge in [-0.15, -0.1) is 0 Å². The number of hydrogen-bond acceptors (Lipinski definition) is 1. The predicted octanol–water partition coefficient (Wildman–Crippen LogP) is 5.21. The maximum Gasteiger partial charge on any atom is 0.0553 e. The summed E-state index contributed by atoms with van der Waals surface area (Å²) < 4.78 is 2.40. The Kier molecular flexibility index (Phi) is 3.48. The van der Waals surface area contributed by atoms with E-state index in [4.69, 9.17) is 4.98 Å². The standard InChI is InChI=1S/C18H28N2/c1-12(2)13-11-20(18(6,7)8)14-9-10-19-16(15(13)14)17(3,4)5/h9-12H,1-8H3. The lowest BCUT2D eigenvalue weighted by molar-refractivity contribution is 0.409.